The summed E-state index contributed by atoms with van der Waals surface area (Å²) in [5, 5.41) is 7.82. The van der Waals surface area contributed by atoms with E-state index < -0.39 is 0 Å². The van der Waals surface area contributed by atoms with Crippen molar-refractivity contribution in [3.8, 4) is 11.5 Å². The average Bonchev–Trinajstić information content (AvgIpc) is 2.67. The van der Waals surface area contributed by atoms with E-state index in [-0.39, 0.29) is 0 Å². The van der Waals surface area contributed by atoms with Gasteiger partial charge in [-0.25, -0.2) is 0 Å². The number of nitrogens with zero attached hydrogens (tertiary/aromatic N) is 2. The molecule has 0 atom stereocenters. The maximum Gasteiger partial charge on any atom is 0.187 e. The summed E-state index contributed by atoms with van der Waals surface area (Å²) in [6.45, 7) is 7.99. The molecular formula is C18H28N4O3S. The van der Waals surface area contributed by atoms with Crippen LogP contribution in [-0.4, -0.2) is 69.3 Å². The molecule has 1 aromatic rings. The van der Waals surface area contributed by atoms with Gasteiger partial charge < -0.3 is 19.5 Å². The smallest absolute Gasteiger partial charge is 0.187 e. The zero-order valence-electron chi connectivity index (χ0n) is 15.5. The first kappa shape index (κ1) is 20.4. The van der Waals surface area contributed by atoms with Crippen LogP contribution in [0.1, 0.15) is 18.9 Å². The van der Waals surface area contributed by atoms with Crippen LogP contribution in [0.5, 0.6) is 11.5 Å². The van der Waals surface area contributed by atoms with Crippen molar-refractivity contribution in [1.29, 1.82) is 0 Å². The van der Waals surface area contributed by atoms with Crippen molar-refractivity contribution in [1.82, 2.24) is 15.6 Å². The van der Waals surface area contributed by atoms with Gasteiger partial charge in [0.15, 0.2) is 16.6 Å². The number of ether oxygens (including phenoxy) is 3. The number of hydrogen-bond acceptors (Lipinski definition) is 6. The fourth-order valence-electron chi connectivity index (χ4n) is 2.45. The fourth-order valence-corrected chi connectivity index (χ4v) is 2.61. The lowest BCUT2D eigenvalue weighted by molar-refractivity contribution is 0.0389. The van der Waals surface area contributed by atoms with Gasteiger partial charge in [-0.15, -0.1) is 0 Å². The first-order valence-corrected chi connectivity index (χ1v) is 9.31. The van der Waals surface area contributed by atoms with Crippen molar-refractivity contribution in [3.63, 3.8) is 0 Å². The number of rotatable bonds is 9. The van der Waals surface area contributed by atoms with Gasteiger partial charge in [-0.1, -0.05) is 6.92 Å². The van der Waals surface area contributed by atoms with Gasteiger partial charge >= 0.3 is 0 Å². The molecule has 0 unspecified atom stereocenters. The fraction of sp³-hybridized carbons (Fsp3) is 0.556. The molecule has 0 radical (unpaired) electrons. The van der Waals surface area contributed by atoms with Crippen molar-refractivity contribution in [3.05, 3.63) is 23.8 Å². The average molecular weight is 381 g/mol. The normalized spacial score (nSPS) is 15.0. The first-order valence-electron chi connectivity index (χ1n) is 8.90. The summed E-state index contributed by atoms with van der Waals surface area (Å²) >= 11 is 5.23. The van der Waals surface area contributed by atoms with Crippen molar-refractivity contribution >= 4 is 23.5 Å². The Labute approximate surface area is 160 Å². The Morgan fingerprint density at radius 3 is 2.88 bits per heavy atom. The van der Waals surface area contributed by atoms with E-state index in [1.807, 2.05) is 18.2 Å². The minimum Gasteiger partial charge on any atom is -0.493 e. The van der Waals surface area contributed by atoms with Crippen LogP contribution in [0.3, 0.4) is 0 Å². The second kappa shape index (κ2) is 11.7. The van der Waals surface area contributed by atoms with Gasteiger partial charge in [-0.2, -0.15) is 5.10 Å². The molecule has 26 heavy (non-hydrogen) atoms. The highest BCUT2D eigenvalue weighted by molar-refractivity contribution is 7.80. The third-order valence-corrected chi connectivity index (χ3v) is 4.08. The lowest BCUT2D eigenvalue weighted by atomic mass is 10.2. The molecule has 0 aromatic heterocycles. The number of nitrogens with one attached hydrogen (secondary N) is 2. The highest BCUT2D eigenvalue weighted by Gasteiger charge is 2.09. The third kappa shape index (κ3) is 7.15. The van der Waals surface area contributed by atoms with Crippen LogP contribution in [0.25, 0.3) is 0 Å². The Hall–Kier alpha value is -1.90. The van der Waals surface area contributed by atoms with Gasteiger partial charge in [0, 0.05) is 26.2 Å². The Morgan fingerprint density at radius 1 is 1.35 bits per heavy atom. The van der Waals surface area contributed by atoms with E-state index in [2.05, 4.69) is 27.7 Å². The van der Waals surface area contributed by atoms with Gasteiger partial charge in [0.1, 0.15) is 0 Å². The van der Waals surface area contributed by atoms with Gasteiger partial charge in [0.05, 0.1) is 33.1 Å². The highest BCUT2D eigenvalue weighted by atomic mass is 32.1. The van der Waals surface area contributed by atoms with Crippen LogP contribution in [0.15, 0.2) is 23.3 Å². The quantitative estimate of drug-likeness (QED) is 0.383. The number of morpholine rings is 1. The van der Waals surface area contributed by atoms with Crippen LogP contribution in [0.4, 0.5) is 0 Å². The Kier molecular flexibility index (Phi) is 9.16. The lowest BCUT2D eigenvalue weighted by Gasteiger charge is -2.26. The van der Waals surface area contributed by atoms with E-state index >= 15 is 0 Å². The molecule has 7 nitrogen and oxygen atoms in total. The Bertz CT molecular complexity index is 592. The van der Waals surface area contributed by atoms with Crippen LogP contribution in [-0.2, 0) is 4.74 Å². The molecule has 1 saturated heterocycles. The second-order valence-electron chi connectivity index (χ2n) is 5.84. The number of thiocarbonyl (C=S) groups is 1. The van der Waals surface area contributed by atoms with Gasteiger partial charge in [0.2, 0.25) is 0 Å². The molecule has 2 rings (SSSR count). The van der Waals surface area contributed by atoms with Gasteiger partial charge in [-0.05, 0) is 42.4 Å². The highest BCUT2D eigenvalue weighted by Crippen LogP contribution is 2.27. The van der Waals surface area contributed by atoms with Crippen LogP contribution in [0.2, 0.25) is 0 Å². The summed E-state index contributed by atoms with van der Waals surface area (Å²) in [4.78, 5) is 2.34. The van der Waals surface area contributed by atoms with Gasteiger partial charge in [-0.3, -0.25) is 10.3 Å². The summed E-state index contributed by atoms with van der Waals surface area (Å²) in [7, 11) is 1.63. The summed E-state index contributed by atoms with van der Waals surface area (Å²) < 4.78 is 16.3. The number of hydrazone groups is 1. The maximum atomic E-state index is 5.64. The Balaban J connectivity index is 1.73. The molecule has 144 valence electrons. The van der Waals surface area contributed by atoms with Crippen molar-refractivity contribution in [2.24, 2.45) is 5.10 Å². The molecule has 1 fully saturated rings. The lowest BCUT2D eigenvalue weighted by Crippen LogP contribution is -2.42. The largest absolute Gasteiger partial charge is 0.493 e. The molecule has 0 aliphatic carbocycles. The molecule has 1 aliphatic rings. The molecule has 1 aliphatic heterocycles. The molecule has 0 spiro atoms. The topological polar surface area (TPSA) is 67.4 Å². The molecule has 0 saturated carbocycles. The summed E-state index contributed by atoms with van der Waals surface area (Å²) in [5.41, 5.74) is 3.73. The molecule has 2 N–H and O–H groups in total. The zero-order chi connectivity index (χ0) is 18.6. The SMILES string of the molecule is CCCOc1ccc(/C=N/NC(=S)NCCN2CCOCC2)cc1OC. The predicted octanol–water partition coefficient (Wildman–Crippen LogP) is 1.61. The van der Waals surface area contributed by atoms with E-state index in [1.54, 1.807) is 13.3 Å². The predicted molar refractivity (Wildman–Crippen MR) is 107 cm³/mol. The van der Waals surface area contributed by atoms with Crippen molar-refractivity contribution in [2.45, 2.75) is 13.3 Å². The molecular weight excluding hydrogens is 352 g/mol. The third-order valence-electron chi connectivity index (χ3n) is 3.85. The monoisotopic (exact) mass is 380 g/mol. The molecule has 1 heterocycles. The van der Waals surface area contributed by atoms with Crippen molar-refractivity contribution < 1.29 is 14.2 Å². The number of methoxy groups -OCH3 is 1. The first-order chi connectivity index (χ1) is 12.7. The molecule has 0 bridgehead atoms. The van der Waals surface area contributed by atoms with Crippen molar-refractivity contribution in [2.75, 3.05) is 53.1 Å². The van der Waals surface area contributed by atoms with Gasteiger partial charge in [0.25, 0.3) is 0 Å². The minimum absolute atomic E-state index is 0.504. The Morgan fingerprint density at radius 2 is 2.15 bits per heavy atom. The summed E-state index contributed by atoms with van der Waals surface area (Å²) in [6.07, 6.45) is 2.65. The molecule has 1 aromatic carbocycles. The van der Waals surface area contributed by atoms with E-state index in [4.69, 9.17) is 26.4 Å². The van der Waals surface area contributed by atoms with E-state index in [9.17, 15) is 0 Å². The van der Waals surface area contributed by atoms with Crippen LogP contribution < -0.4 is 20.2 Å². The second-order valence-corrected chi connectivity index (χ2v) is 6.25. The van der Waals surface area contributed by atoms with E-state index in [0.717, 1.165) is 57.1 Å². The number of hydrogen-bond donors (Lipinski definition) is 2. The van der Waals surface area contributed by atoms with E-state index in [1.165, 1.54) is 0 Å². The van der Waals surface area contributed by atoms with Crippen LogP contribution >= 0.6 is 12.2 Å². The molecule has 0 amide bonds. The molecule has 8 heteroatoms. The summed E-state index contributed by atoms with van der Waals surface area (Å²) in [6, 6.07) is 5.69. The minimum atomic E-state index is 0.504. The maximum absolute atomic E-state index is 5.64. The zero-order valence-corrected chi connectivity index (χ0v) is 16.3. The standard InChI is InChI=1S/C18H28N4O3S/c1-3-10-25-16-5-4-15(13-17(16)23-2)14-20-21-18(26)19-6-7-22-8-11-24-12-9-22/h4-5,13-14H,3,6-12H2,1-2H3,(H2,19,21,26)/b20-14+. The van der Waals surface area contributed by atoms with E-state index in [0.29, 0.717) is 17.5 Å². The summed E-state index contributed by atoms with van der Waals surface area (Å²) in [5.74, 6) is 1.42. The van der Waals surface area contributed by atoms with Crippen LogP contribution in [0, 0.1) is 0 Å². The number of benzene rings is 1.